The molecular formula is C26H30N4S. The van der Waals surface area contributed by atoms with Gasteiger partial charge in [-0.3, -0.25) is 4.98 Å². The van der Waals surface area contributed by atoms with Gasteiger partial charge >= 0.3 is 0 Å². The van der Waals surface area contributed by atoms with Crippen molar-refractivity contribution >= 4 is 23.0 Å². The van der Waals surface area contributed by atoms with E-state index in [4.69, 9.17) is 12.2 Å². The van der Waals surface area contributed by atoms with Crippen LogP contribution in [0.1, 0.15) is 78.9 Å². The van der Waals surface area contributed by atoms with Gasteiger partial charge in [-0.05, 0) is 86.3 Å². The molecule has 3 aromatic rings. The number of hydrogen-bond donors (Lipinski definition) is 1. The predicted octanol–water partition coefficient (Wildman–Crippen LogP) is 6.14. The van der Waals surface area contributed by atoms with E-state index in [0.29, 0.717) is 12.0 Å². The molecule has 1 aliphatic carbocycles. The number of aromatic nitrogens is 2. The van der Waals surface area contributed by atoms with Crippen molar-refractivity contribution in [2.24, 2.45) is 0 Å². The fourth-order valence-corrected chi connectivity index (χ4v) is 5.31. The van der Waals surface area contributed by atoms with Crippen LogP contribution in [0.4, 0.5) is 5.69 Å². The van der Waals surface area contributed by atoms with Crippen molar-refractivity contribution in [3.63, 3.8) is 0 Å². The largest absolute Gasteiger partial charge is 0.351 e. The highest BCUT2D eigenvalue weighted by Gasteiger charge is 2.42. The molecule has 1 aliphatic heterocycles. The number of benzene rings is 1. The van der Waals surface area contributed by atoms with Crippen molar-refractivity contribution < 1.29 is 0 Å². The van der Waals surface area contributed by atoms with Crippen molar-refractivity contribution in [1.82, 2.24) is 14.9 Å². The second-order valence-electron chi connectivity index (χ2n) is 9.17. The average molecular weight is 431 g/mol. The quantitative estimate of drug-likeness (QED) is 0.493. The average Bonchev–Trinajstić information content (AvgIpc) is 3.48. The van der Waals surface area contributed by atoms with Crippen LogP contribution in [0.15, 0.2) is 54.7 Å². The third-order valence-corrected chi connectivity index (χ3v) is 7.00. The molecule has 1 N–H and O–H groups in total. The van der Waals surface area contributed by atoms with Crippen molar-refractivity contribution in [3.05, 3.63) is 82.9 Å². The summed E-state index contributed by atoms with van der Waals surface area (Å²) in [6, 6.07) is 18.1. The molecule has 1 aromatic carbocycles. The summed E-state index contributed by atoms with van der Waals surface area (Å²) in [5, 5.41) is 4.35. The first-order valence-corrected chi connectivity index (χ1v) is 11.7. The van der Waals surface area contributed by atoms with E-state index in [1.54, 1.807) is 0 Å². The molecule has 2 atom stereocenters. The van der Waals surface area contributed by atoms with Gasteiger partial charge in [0, 0.05) is 29.3 Å². The molecule has 31 heavy (non-hydrogen) atoms. The van der Waals surface area contributed by atoms with Crippen LogP contribution in [0.2, 0.25) is 0 Å². The zero-order valence-electron chi connectivity index (χ0n) is 18.7. The molecule has 0 spiro atoms. The Morgan fingerprint density at radius 3 is 2.42 bits per heavy atom. The van der Waals surface area contributed by atoms with Gasteiger partial charge in [0.15, 0.2) is 5.11 Å². The molecule has 5 rings (SSSR count). The maximum Gasteiger partial charge on any atom is 0.174 e. The second-order valence-corrected chi connectivity index (χ2v) is 9.56. The lowest BCUT2D eigenvalue weighted by atomic mass is 9.96. The number of aryl methyl sites for hydroxylation is 1. The minimum atomic E-state index is 0.00614. The highest BCUT2D eigenvalue weighted by Crippen LogP contribution is 2.46. The summed E-state index contributed by atoms with van der Waals surface area (Å²) < 4.78 is 2.52. The fourth-order valence-electron chi connectivity index (χ4n) is 4.97. The number of thiocarbonyl (C=S) groups is 1. The Kier molecular flexibility index (Phi) is 5.09. The first-order valence-electron chi connectivity index (χ1n) is 11.2. The molecule has 0 radical (unpaired) electrons. The minimum Gasteiger partial charge on any atom is -0.351 e. The summed E-state index contributed by atoms with van der Waals surface area (Å²) in [5.41, 5.74) is 7.50. The summed E-state index contributed by atoms with van der Waals surface area (Å²) in [6.07, 6.45) is 4.42. The molecular weight excluding hydrogens is 400 g/mol. The van der Waals surface area contributed by atoms with Gasteiger partial charge in [-0.2, -0.15) is 0 Å². The van der Waals surface area contributed by atoms with Crippen LogP contribution >= 0.6 is 12.2 Å². The Morgan fingerprint density at radius 2 is 1.81 bits per heavy atom. The molecule has 1 saturated heterocycles. The van der Waals surface area contributed by atoms with Crippen LogP contribution in [0, 0.1) is 13.8 Å². The van der Waals surface area contributed by atoms with Crippen LogP contribution in [0.5, 0.6) is 0 Å². The van der Waals surface area contributed by atoms with Crippen molar-refractivity contribution in [3.8, 4) is 0 Å². The summed E-state index contributed by atoms with van der Waals surface area (Å²) in [6.45, 7) is 8.94. The highest BCUT2D eigenvalue weighted by molar-refractivity contribution is 7.80. The molecule has 160 valence electrons. The number of pyridine rings is 1. The molecule has 3 heterocycles. The predicted molar refractivity (Wildman–Crippen MR) is 131 cm³/mol. The molecule has 2 aromatic heterocycles. The Morgan fingerprint density at radius 1 is 1.06 bits per heavy atom. The zero-order chi connectivity index (χ0) is 21.7. The van der Waals surface area contributed by atoms with Gasteiger partial charge in [0.1, 0.15) is 0 Å². The lowest BCUT2D eigenvalue weighted by molar-refractivity contribution is 0.562. The molecule has 4 nitrogen and oxygen atoms in total. The van der Waals surface area contributed by atoms with Gasteiger partial charge < -0.3 is 14.8 Å². The number of nitrogens with zero attached hydrogens (tertiary/aromatic N) is 3. The van der Waals surface area contributed by atoms with Crippen LogP contribution in [0.3, 0.4) is 0 Å². The van der Waals surface area contributed by atoms with Crippen LogP contribution in [-0.2, 0) is 0 Å². The Labute approximate surface area is 190 Å². The third kappa shape index (κ3) is 3.55. The number of rotatable bonds is 5. The van der Waals surface area contributed by atoms with Gasteiger partial charge in [0.05, 0.1) is 17.8 Å². The molecule has 0 amide bonds. The van der Waals surface area contributed by atoms with E-state index in [0.717, 1.165) is 16.5 Å². The summed E-state index contributed by atoms with van der Waals surface area (Å²) >= 11 is 5.89. The van der Waals surface area contributed by atoms with E-state index in [2.05, 4.69) is 89.9 Å². The van der Waals surface area contributed by atoms with Crippen LogP contribution in [0.25, 0.3) is 0 Å². The van der Waals surface area contributed by atoms with Gasteiger partial charge in [0.2, 0.25) is 0 Å². The van der Waals surface area contributed by atoms with Crippen LogP contribution in [-0.4, -0.2) is 14.7 Å². The van der Waals surface area contributed by atoms with E-state index >= 15 is 0 Å². The van der Waals surface area contributed by atoms with Crippen LogP contribution < -0.4 is 10.2 Å². The summed E-state index contributed by atoms with van der Waals surface area (Å²) in [4.78, 5) is 6.98. The van der Waals surface area contributed by atoms with E-state index in [9.17, 15) is 0 Å². The summed E-state index contributed by atoms with van der Waals surface area (Å²) in [7, 11) is 0. The SMILES string of the molecule is Cc1cc([C@H]2[C@@H](c3ccccn3)NC(=S)N2c2ccc(C(C)C)cc2)c(C)n1C1CC1. The number of anilines is 1. The number of hydrogen-bond acceptors (Lipinski definition) is 2. The van der Waals surface area contributed by atoms with Gasteiger partial charge in [0.25, 0.3) is 0 Å². The highest BCUT2D eigenvalue weighted by atomic mass is 32.1. The molecule has 2 fully saturated rings. The molecule has 5 heteroatoms. The normalized spacial score (nSPS) is 21.1. The standard InChI is InChI=1S/C26H30N4S/c1-16(2)19-8-10-21(11-9-19)30-25(22-15-17(3)29(18(22)4)20-12-13-20)24(28-26(30)31)23-7-5-6-14-27-23/h5-11,14-16,20,24-25H,12-13H2,1-4H3,(H,28,31)/t24-,25+/m1/s1. The first-order chi connectivity index (χ1) is 15.0. The molecule has 2 aliphatic rings. The zero-order valence-corrected chi connectivity index (χ0v) is 19.5. The smallest absolute Gasteiger partial charge is 0.174 e. The van der Waals surface area contributed by atoms with E-state index in [1.807, 2.05) is 12.3 Å². The Bertz CT molecular complexity index is 1100. The molecule has 0 unspecified atom stereocenters. The van der Waals surface area contributed by atoms with Crippen molar-refractivity contribution in [2.45, 2.75) is 64.6 Å². The monoisotopic (exact) mass is 430 g/mol. The lowest BCUT2D eigenvalue weighted by Crippen LogP contribution is -2.29. The molecule has 1 saturated carbocycles. The maximum atomic E-state index is 5.89. The van der Waals surface area contributed by atoms with Gasteiger partial charge in [-0.1, -0.05) is 32.0 Å². The fraction of sp³-hybridized carbons (Fsp3) is 0.385. The molecule has 0 bridgehead atoms. The first kappa shape index (κ1) is 20.3. The van der Waals surface area contributed by atoms with Crippen molar-refractivity contribution in [2.75, 3.05) is 4.90 Å². The van der Waals surface area contributed by atoms with E-state index < -0.39 is 0 Å². The third-order valence-electron chi connectivity index (χ3n) is 6.69. The van der Waals surface area contributed by atoms with E-state index in [1.165, 1.54) is 35.4 Å². The topological polar surface area (TPSA) is 33.1 Å². The van der Waals surface area contributed by atoms with Gasteiger partial charge in [-0.15, -0.1) is 0 Å². The van der Waals surface area contributed by atoms with Gasteiger partial charge in [-0.25, -0.2) is 0 Å². The number of nitrogens with one attached hydrogen (secondary N) is 1. The summed E-state index contributed by atoms with van der Waals surface area (Å²) in [5.74, 6) is 0.507. The maximum absolute atomic E-state index is 5.89. The minimum absolute atomic E-state index is 0.00614. The Hall–Kier alpha value is -2.66. The second kappa shape index (κ2) is 7.79. The lowest BCUT2D eigenvalue weighted by Gasteiger charge is -2.28. The Balaban J connectivity index is 1.62. The van der Waals surface area contributed by atoms with Crippen molar-refractivity contribution in [1.29, 1.82) is 0 Å². The van der Waals surface area contributed by atoms with E-state index in [-0.39, 0.29) is 12.1 Å².